The zero-order chi connectivity index (χ0) is 17.7. The number of carbonyl (C=O) groups excluding carboxylic acids is 1. The second-order valence-corrected chi connectivity index (χ2v) is 8.00. The molecule has 1 aromatic heterocycles. The van der Waals surface area contributed by atoms with Gasteiger partial charge in [-0.15, -0.1) is 0 Å². The average molecular weight is 326 g/mol. The van der Waals surface area contributed by atoms with Gasteiger partial charge in [-0.25, -0.2) is 4.98 Å². The summed E-state index contributed by atoms with van der Waals surface area (Å²) in [5.41, 5.74) is 10.3. The van der Waals surface area contributed by atoms with Crippen molar-refractivity contribution in [1.82, 2.24) is 4.98 Å². The van der Waals surface area contributed by atoms with E-state index in [0.717, 1.165) is 24.1 Å². The van der Waals surface area contributed by atoms with E-state index in [1.807, 2.05) is 26.8 Å². The summed E-state index contributed by atoms with van der Waals surface area (Å²) < 4.78 is 5.45. The summed E-state index contributed by atoms with van der Waals surface area (Å²) in [6.45, 7) is 9.69. The third kappa shape index (κ3) is 2.69. The molecule has 0 saturated heterocycles. The highest BCUT2D eigenvalue weighted by molar-refractivity contribution is 5.77. The Morgan fingerprint density at radius 3 is 2.75 bits per heavy atom. The summed E-state index contributed by atoms with van der Waals surface area (Å²) in [4.78, 5) is 16.7. The Morgan fingerprint density at radius 2 is 2.12 bits per heavy atom. The molecule has 24 heavy (non-hydrogen) atoms. The van der Waals surface area contributed by atoms with Crippen LogP contribution in [0.5, 0.6) is 5.88 Å². The fourth-order valence-corrected chi connectivity index (χ4v) is 3.81. The van der Waals surface area contributed by atoms with Crippen molar-refractivity contribution in [2.75, 3.05) is 0 Å². The van der Waals surface area contributed by atoms with Crippen LogP contribution in [0.2, 0.25) is 0 Å². The predicted octanol–water partition coefficient (Wildman–Crippen LogP) is 3.66. The number of allylic oxidation sites excluding steroid dienone is 2. The van der Waals surface area contributed by atoms with Crippen LogP contribution in [0, 0.1) is 11.3 Å². The van der Waals surface area contributed by atoms with E-state index in [0.29, 0.717) is 5.88 Å². The first kappa shape index (κ1) is 16.9. The quantitative estimate of drug-likeness (QED) is 0.632. The summed E-state index contributed by atoms with van der Waals surface area (Å²) in [5, 5.41) is 0. The van der Waals surface area contributed by atoms with Crippen molar-refractivity contribution < 1.29 is 9.53 Å². The molecule has 3 rings (SSSR count). The number of nitrogens with two attached hydrogens (primary N) is 1. The van der Waals surface area contributed by atoms with Gasteiger partial charge in [-0.05, 0) is 58.2 Å². The maximum atomic E-state index is 12.1. The molecule has 1 heterocycles. The van der Waals surface area contributed by atoms with Gasteiger partial charge in [0.15, 0.2) is 0 Å². The van der Waals surface area contributed by atoms with Crippen LogP contribution < -0.4 is 10.5 Å². The fourth-order valence-electron chi connectivity index (χ4n) is 3.81. The van der Waals surface area contributed by atoms with Crippen LogP contribution in [0.4, 0.5) is 0 Å². The number of esters is 1. The van der Waals surface area contributed by atoms with E-state index in [9.17, 15) is 4.79 Å². The lowest BCUT2D eigenvalue weighted by molar-refractivity contribution is -0.143. The highest BCUT2D eigenvalue weighted by Gasteiger charge is 2.44. The number of hydrogen-bond donors (Lipinski definition) is 1. The van der Waals surface area contributed by atoms with Crippen LogP contribution in [0.3, 0.4) is 0 Å². The van der Waals surface area contributed by atoms with Crippen molar-refractivity contribution in [2.45, 2.75) is 53.0 Å². The standard InChI is InChI=1S/C20H26N2O2/c1-6-14-13-9-12(2)11-20(14,21)15-7-8-17(22-16(15)10-13)24-18(23)19(3,4)5/h6-9,13H,10-11,21H2,1-5H3/t13-,20-/m1/s1. The van der Waals surface area contributed by atoms with Gasteiger partial charge in [-0.2, -0.15) is 0 Å². The molecule has 0 saturated carbocycles. The van der Waals surface area contributed by atoms with E-state index in [1.54, 1.807) is 6.07 Å². The van der Waals surface area contributed by atoms with Gasteiger partial charge >= 0.3 is 5.97 Å². The highest BCUT2D eigenvalue weighted by Crippen LogP contribution is 2.48. The maximum Gasteiger partial charge on any atom is 0.317 e. The molecule has 0 spiro atoms. The Bertz CT molecular complexity index is 755. The summed E-state index contributed by atoms with van der Waals surface area (Å²) in [6, 6.07) is 3.74. The Kier molecular flexibility index (Phi) is 3.91. The van der Waals surface area contributed by atoms with Crippen molar-refractivity contribution in [2.24, 2.45) is 17.1 Å². The third-order valence-electron chi connectivity index (χ3n) is 4.92. The number of carbonyl (C=O) groups is 1. The maximum absolute atomic E-state index is 12.1. The lowest BCUT2D eigenvalue weighted by atomic mass is 9.63. The van der Waals surface area contributed by atoms with E-state index in [4.69, 9.17) is 10.5 Å². The lowest BCUT2D eigenvalue weighted by Gasteiger charge is -2.45. The monoisotopic (exact) mass is 326 g/mol. The van der Waals surface area contributed by atoms with Crippen LogP contribution in [0.25, 0.3) is 0 Å². The number of nitrogens with zero attached hydrogens (tertiary/aromatic N) is 1. The molecule has 4 nitrogen and oxygen atoms in total. The number of hydrogen-bond acceptors (Lipinski definition) is 4. The van der Waals surface area contributed by atoms with Crippen LogP contribution in [0.15, 0.2) is 35.4 Å². The van der Waals surface area contributed by atoms with Gasteiger partial charge in [0.2, 0.25) is 5.88 Å². The Hall–Kier alpha value is -1.94. The first-order valence-electron chi connectivity index (χ1n) is 8.50. The van der Waals surface area contributed by atoms with Gasteiger partial charge in [-0.3, -0.25) is 4.79 Å². The van der Waals surface area contributed by atoms with E-state index >= 15 is 0 Å². The minimum atomic E-state index is -0.554. The van der Waals surface area contributed by atoms with Crippen molar-refractivity contribution >= 4 is 5.97 Å². The molecule has 0 amide bonds. The van der Waals surface area contributed by atoms with E-state index < -0.39 is 11.0 Å². The minimum Gasteiger partial charge on any atom is -0.407 e. The molecule has 2 aliphatic carbocycles. The molecule has 0 unspecified atom stereocenters. The van der Waals surface area contributed by atoms with Gasteiger partial charge in [0.25, 0.3) is 0 Å². The molecular formula is C20H26N2O2. The fraction of sp³-hybridized carbons (Fsp3) is 0.500. The number of fused-ring (bicyclic) bond motifs is 4. The number of rotatable bonds is 1. The molecule has 4 heteroatoms. The summed E-state index contributed by atoms with van der Waals surface area (Å²) in [7, 11) is 0. The minimum absolute atomic E-state index is 0.279. The Balaban J connectivity index is 2.00. The molecule has 2 aliphatic rings. The van der Waals surface area contributed by atoms with Crippen LogP contribution in [0.1, 0.15) is 52.3 Å². The van der Waals surface area contributed by atoms with Crippen molar-refractivity contribution in [3.8, 4) is 5.88 Å². The molecule has 0 aromatic carbocycles. The Labute approximate surface area is 143 Å². The lowest BCUT2D eigenvalue weighted by Crippen LogP contribution is -2.47. The van der Waals surface area contributed by atoms with Gasteiger partial charge in [0.1, 0.15) is 0 Å². The number of ether oxygens (including phenoxy) is 1. The average Bonchev–Trinajstić information content (AvgIpc) is 2.44. The van der Waals surface area contributed by atoms with Gasteiger partial charge < -0.3 is 10.5 Å². The van der Waals surface area contributed by atoms with E-state index in [2.05, 4.69) is 31.0 Å². The molecule has 2 N–H and O–H groups in total. The summed E-state index contributed by atoms with van der Waals surface area (Å²) >= 11 is 0. The molecular weight excluding hydrogens is 300 g/mol. The molecule has 128 valence electrons. The van der Waals surface area contributed by atoms with Gasteiger partial charge in [0.05, 0.1) is 16.6 Å². The summed E-state index contributed by atoms with van der Waals surface area (Å²) in [5.74, 6) is 0.362. The predicted molar refractivity (Wildman–Crippen MR) is 94.5 cm³/mol. The smallest absolute Gasteiger partial charge is 0.317 e. The van der Waals surface area contributed by atoms with Gasteiger partial charge in [0, 0.05) is 18.4 Å². The summed E-state index contributed by atoms with van der Waals surface area (Å²) in [6.07, 6.45) is 6.04. The van der Waals surface area contributed by atoms with Crippen molar-refractivity contribution in [3.05, 3.63) is 46.7 Å². The van der Waals surface area contributed by atoms with Crippen molar-refractivity contribution in [1.29, 1.82) is 0 Å². The van der Waals surface area contributed by atoms with Crippen molar-refractivity contribution in [3.63, 3.8) is 0 Å². The first-order chi connectivity index (χ1) is 11.1. The van der Waals surface area contributed by atoms with Crippen LogP contribution >= 0.6 is 0 Å². The molecule has 2 bridgehead atoms. The third-order valence-corrected chi connectivity index (χ3v) is 4.92. The first-order valence-corrected chi connectivity index (χ1v) is 8.50. The molecule has 0 radical (unpaired) electrons. The van der Waals surface area contributed by atoms with Crippen LogP contribution in [-0.4, -0.2) is 11.0 Å². The zero-order valence-electron chi connectivity index (χ0n) is 15.1. The molecule has 0 fully saturated rings. The topological polar surface area (TPSA) is 65.2 Å². The van der Waals surface area contributed by atoms with Gasteiger partial charge in [-0.1, -0.05) is 17.7 Å². The number of aromatic nitrogens is 1. The zero-order valence-corrected chi connectivity index (χ0v) is 15.1. The second-order valence-electron chi connectivity index (χ2n) is 8.00. The molecule has 0 aliphatic heterocycles. The van der Waals surface area contributed by atoms with Crippen LogP contribution in [-0.2, 0) is 16.8 Å². The number of pyridine rings is 1. The van der Waals surface area contributed by atoms with E-state index in [-0.39, 0.29) is 11.9 Å². The largest absolute Gasteiger partial charge is 0.407 e. The SMILES string of the molecule is CC=C1[C@@H]2C=C(C)C[C@]1(N)c1ccc(OC(=O)C(C)(C)C)nc1C2. The highest BCUT2D eigenvalue weighted by atomic mass is 16.5. The molecule has 1 aromatic rings. The van der Waals surface area contributed by atoms with E-state index in [1.165, 1.54) is 11.1 Å². The normalized spacial score (nSPS) is 27.5. The Morgan fingerprint density at radius 1 is 1.42 bits per heavy atom. The second kappa shape index (κ2) is 5.55. The molecule has 2 atom stereocenters.